The fourth-order valence-electron chi connectivity index (χ4n) is 3.87. The zero-order valence-electron chi connectivity index (χ0n) is 17.4. The summed E-state index contributed by atoms with van der Waals surface area (Å²) >= 11 is 0. The molecule has 3 atom stereocenters. The quantitative estimate of drug-likeness (QED) is 0.489. The Hall–Kier alpha value is -3.02. The van der Waals surface area contributed by atoms with Crippen molar-refractivity contribution in [3.8, 4) is 0 Å². The Morgan fingerprint density at radius 3 is 2.64 bits per heavy atom. The molecule has 1 unspecified atom stereocenters. The third-order valence-corrected chi connectivity index (χ3v) is 5.73. The van der Waals surface area contributed by atoms with Gasteiger partial charge in [0.25, 0.3) is 5.91 Å². The zero-order valence-corrected chi connectivity index (χ0v) is 17.4. The first-order chi connectivity index (χ1) is 15.6. The van der Waals surface area contributed by atoms with E-state index in [0.717, 1.165) is 18.9 Å². The van der Waals surface area contributed by atoms with E-state index in [-0.39, 0.29) is 30.3 Å². The molecule has 1 saturated heterocycles. The second-order valence-electron chi connectivity index (χ2n) is 8.24. The van der Waals surface area contributed by atoms with E-state index >= 15 is 0 Å². The van der Waals surface area contributed by atoms with Gasteiger partial charge in [0, 0.05) is 12.5 Å². The van der Waals surface area contributed by atoms with Crippen LogP contribution in [0.5, 0.6) is 0 Å². The van der Waals surface area contributed by atoms with Gasteiger partial charge in [-0.3, -0.25) is 4.79 Å². The second-order valence-corrected chi connectivity index (χ2v) is 8.24. The van der Waals surface area contributed by atoms with Gasteiger partial charge in [0.2, 0.25) is 5.89 Å². The summed E-state index contributed by atoms with van der Waals surface area (Å²) in [5, 5.41) is 3.92. The van der Waals surface area contributed by atoms with Gasteiger partial charge >= 0.3 is 12.1 Å². The van der Waals surface area contributed by atoms with Crippen LogP contribution in [0.1, 0.15) is 54.9 Å². The number of nitrogens with zero attached hydrogens (tertiary/aromatic N) is 3. The van der Waals surface area contributed by atoms with Crippen molar-refractivity contribution < 1.29 is 36.4 Å². The Morgan fingerprint density at radius 1 is 1.24 bits per heavy atom. The van der Waals surface area contributed by atoms with Gasteiger partial charge < -0.3 is 19.9 Å². The van der Waals surface area contributed by atoms with Crippen molar-refractivity contribution in [3.63, 3.8) is 0 Å². The van der Waals surface area contributed by atoms with Gasteiger partial charge in [-0.25, -0.2) is 9.18 Å². The number of hydrogen-bond acceptors (Lipinski definition) is 7. The fraction of sp³-hybridized carbons (Fsp3) is 0.524. The summed E-state index contributed by atoms with van der Waals surface area (Å²) in [6.45, 7) is 0.178. The number of carbonyl (C=O) groups excluding carboxylic acids is 2. The van der Waals surface area contributed by atoms with Crippen molar-refractivity contribution >= 4 is 11.9 Å². The molecule has 33 heavy (non-hydrogen) atoms. The maximum atomic E-state index is 14.1. The minimum absolute atomic E-state index is 0.0785. The molecule has 4 rings (SSSR count). The van der Waals surface area contributed by atoms with Crippen molar-refractivity contribution in [2.75, 3.05) is 6.54 Å². The van der Waals surface area contributed by atoms with Gasteiger partial charge in [0.1, 0.15) is 11.9 Å². The average molecular weight is 470 g/mol. The van der Waals surface area contributed by atoms with E-state index in [0.29, 0.717) is 18.7 Å². The van der Waals surface area contributed by atoms with E-state index in [9.17, 15) is 27.2 Å². The summed E-state index contributed by atoms with van der Waals surface area (Å²) in [7, 11) is 0. The number of hydrogen-bond donors (Lipinski definition) is 1. The number of benzene rings is 1. The topological polar surface area (TPSA) is 112 Å². The maximum absolute atomic E-state index is 14.1. The molecule has 2 N–H and O–H groups in total. The lowest BCUT2D eigenvalue weighted by Crippen LogP contribution is -2.52. The van der Waals surface area contributed by atoms with E-state index in [1.165, 1.54) is 23.1 Å². The normalized spacial score (nSPS) is 20.5. The Morgan fingerprint density at radius 2 is 1.97 bits per heavy atom. The number of nitrogens with two attached hydrogens (primary N) is 1. The summed E-state index contributed by atoms with van der Waals surface area (Å²) < 4.78 is 62.6. The Balaban J connectivity index is 1.56. The molecule has 8 nitrogen and oxygen atoms in total. The number of likely N-dealkylation sites (tertiary alicyclic amines) is 1. The summed E-state index contributed by atoms with van der Waals surface area (Å²) in [6, 6.07) is 3.40. The molecular formula is C21H22F4N4O4. The molecule has 2 aliphatic rings. The Bertz CT molecular complexity index is 1020. The molecule has 12 heteroatoms. The lowest BCUT2D eigenvalue weighted by molar-refractivity contribution is -0.207. The van der Waals surface area contributed by atoms with Gasteiger partial charge in [-0.15, -0.1) is 0 Å². The van der Waals surface area contributed by atoms with E-state index in [2.05, 4.69) is 14.9 Å². The number of carbonyl (C=O) groups is 2. The first kappa shape index (κ1) is 23.1. The van der Waals surface area contributed by atoms with Crippen LogP contribution < -0.4 is 5.73 Å². The van der Waals surface area contributed by atoms with Crippen molar-refractivity contribution in [1.29, 1.82) is 0 Å². The number of halogens is 4. The molecular weight excluding hydrogens is 448 g/mol. The van der Waals surface area contributed by atoms with Crippen LogP contribution in [-0.2, 0) is 20.7 Å². The van der Waals surface area contributed by atoms with Crippen LogP contribution in [0.25, 0.3) is 0 Å². The van der Waals surface area contributed by atoms with Crippen LogP contribution in [0, 0.1) is 5.82 Å². The van der Waals surface area contributed by atoms with Crippen LogP contribution in [0.15, 0.2) is 28.8 Å². The Labute approximate surface area is 186 Å². The molecule has 0 spiro atoms. The molecule has 2 fully saturated rings. The molecule has 1 saturated carbocycles. The molecule has 1 aromatic carbocycles. The summed E-state index contributed by atoms with van der Waals surface area (Å²) in [5.41, 5.74) is 6.08. The summed E-state index contributed by atoms with van der Waals surface area (Å²) in [6.07, 6.45) is -4.78. The lowest BCUT2D eigenvalue weighted by Gasteiger charge is -2.30. The average Bonchev–Trinajstić information content (AvgIpc) is 3.29. The van der Waals surface area contributed by atoms with Gasteiger partial charge in [-0.1, -0.05) is 23.4 Å². The van der Waals surface area contributed by atoms with Gasteiger partial charge in [-0.2, -0.15) is 18.2 Å². The minimum Gasteiger partial charge on any atom is -0.444 e. The fourth-order valence-corrected chi connectivity index (χ4v) is 3.87. The van der Waals surface area contributed by atoms with Gasteiger partial charge in [-0.05, 0) is 43.7 Å². The van der Waals surface area contributed by atoms with Crippen LogP contribution in [0.3, 0.4) is 0 Å². The molecule has 1 aliphatic heterocycles. The van der Waals surface area contributed by atoms with Gasteiger partial charge in [0.05, 0.1) is 6.04 Å². The molecule has 178 valence electrons. The van der Waals surface area contributed by atoms with Crippen molar-refractivity contribution in [1.82, 2.24) is 15.0 Å². The predicted octanol–water partition coefficient (Wildman–Crippen LogP) is 2.79. The van der Waals surface area contributed by atoms with E-state index in [4.69, 9.17) is 10.3 Å². The second kappa shape index (κ2) is 9.08. The maximum Gasteiger partial charge on any atom is 0.490 e. The predicted molar refractivity (Wildman–Crippen MR) is 104 cm³/mol. The molecule has 0 bridgehead atoms. The molecule has 0 radical (unpaired) electrons. The van der Waals surface area contributed by atoms with Crippen LogP contribution >= 0.6 is 0 Å². The smallest absolute Gasteiger partial charge is 0.444 e. The number of aromatic nitrogens is 2. The summed E-state index contributed by atoms with van der Waals surface area (Å²) in [5.74, 6) is -3.20. The number of esters is 1. The third kappa shape index (κ3) is 5.15. The van der Waals surface area contributed by atoms with Crippen molar-refractivity contribution in [2.45, 2.75) is 62.4 Å². The monoisotopic (exact) mass is 470 g/mol. The molecule has 1 aromatic heterocycles. The minimum atomic E-state index is -5.33. The van der Waals surface area contributed by atoms with Crippen molar-refractivity contribution in [3.05, 3.63) is 47.4 Å². The zero-order chi connectivity index (χ0) is 23.8. The SMILES string of the molecule is N[C@H](Cc1ccccc1F)C(OC(=O)C(F)(F)F)C(=O)N1CCC[C@H]1c1nc(C2CC2)no1. The van der Waals surface area contributed by atoms with Crippen LogP contribution in [0.2, 0.25) is 0 Å². The number of amides is 1. The highest BCUT2D eigenvalue weighted by atomic mass is 19.4. The van der Waals surface area contributed by atoms with E-state index < -0.39 is 42.1 Å². The number of rotatable bonds is 7. The Kier molecular flexibility index (Phi) is 6.37. The summed E-state index contributed by atoms with van der Waals surface area (Å²) in [4.78, 5) is 30.4. The van der Waals surface area contributed by atoms with Gasteiger partial charge in [0.15, 0.2) is 11.9 Å². The largest absolute Gasteiger partial charge is 0.490 e. The molecule has 1 aliphatic carbocycles. The lowest BCUT2D eigenvalue weighted by atomic mass is 10.00. The first-order valence-electron chi connectivity index (χ1n) is 10.6. The van der Waals surface area contributed by atoms with Crippen LogP contribution in [-0.4, -0.2) is 51.8 Å². The van der Waals surface area contributed by atoms with Crippen LogP contribution in [0.4, 0.5) is 17.6 Å². The molecule has 2 aromatic rings. The highest BCUT2D eigenvalue weighted by Crippen LogP contribution is 2.40. The standard InChI is InChI=1S/C21H22F4N4O4/c22-13-5-2-1-4-12(13)10-14(26)16(32-20(31)21(23,24)25)19(30)29-9-3-6-15(29)18-27-17(28-33-18)11-7-8-11/h1-2,4-5,11,14-16H,3,6-10,26H2/t14-,15+,16?/m1/s1. The number of alkyl halides is 3. The highest BCUT2D eigenvalue weighted by molar-refractivity contribution is 5.86. The van der Waals surface area contributed by atoms with Crippen molar-refractivity contribution in [2.24, 2.45) is 5.73 Å². The highest BCUT2D eigenvalue weighted by Gasteiger charge is 2.47. The first-order valence-corrected chi connectivity index (χ1v) is 10.6. The van der Waals surface area contributed by atoms with E-state index in [1.807, 2.05) is 0 Å². The van der Waals surface area contributed by atoms with E-state index in [1.54, 1.807) is 0 Å². The third-order valence-electron chi connectivity index (χ3n) is 5.73. The molecule has 1 amide bonds. The number of ether oxygens (including phenoxy) is 1. The molecule has 2 heterocycles.